The van der Waals surface area contributed by atoms with E-state index in [1.807, 2.05) is 0 Å². The number of furan rings is 3. The molecule has 0 amide bonds. The molecular formula is C31H19N3O9. The van der Waals surface area contributed by atoms with Crippen LogP contribution in [0.1, 0.15) is 23.2 Å². The third-order valence-corrected chi connectivity index (χ3v) is 6.76. The lowest BCUT2D eigenvalue weighted by Crippen LogP contribution is -1.99. The number of nitro benzene ring substituents is 3. The van der Waals surface area contributed by atoms with E-state index in [0.717, 1.165) is 0 Å². The molecule has 0 spiro atoms. The molecule has 0 aliphatic rings. The second-order valence-electron chi connectivity index (χ2n) is 9.46. The number of non-ortho nitro benzene ring substituents is 3. The van der Waals surface area contributed by atoms with Crippen molar-refractivity contribution in [2.45, 2.75) is 5.92 Å². The van der Waals surface area contributed by atoms with Gasteiger partial charge in [-0.1, -0.05) is 36.4 Å². The summed E-state index contributed by atoms with van der Waals surface area (Å²) in [5, 5.41) is 33.9. The van der Waals surface area contributed by atoms with Gasteiger partial charge in [-0.15, -0.1) is 0 Å². The molecule has 12 nitrogen and oxygen atoms in total. The van der Waals surface area contributed by atoms with Gasteiger partial charge in [0.25, 0.3) is 17.1 Å². The molecular weight excluding hydrogens is 558 g/mol. The van der Waals surface area contributed by atoms with Crippen LogP contribution in [0.25, 0.3) is 34.0 Å². The Morgan fingerprint density at radius 3 is 1.02 bits per heavy atom. The van der Waals surface area contributed by atoms with Crippen LogP contribution in [0, 0.1) is 30.3 Å². The van der Waals surface area contributed by atoms with Gasteiger partial charge < -0.3 is 13.3 Å². The van der Waals surface area contributed by atoms with Crippen LogP contribution in [-0.2, 0) is 0 Å². The normalized spacial score (nSPS) is 11.1. The van der Waals surface area contributed by atoms with Gasteiger partial charge in [0, 0.05) is 53.1 Å². The molecule has 3 aromatic carbocycles. The van der Waals surface area contributed by atoms with Gasteiger partial charge in [-0.25, -0.2) is 0 Å². The molecule has 0 bridgehead atoms. The molecule has 3 heterocycles. The topological polar surface area (TPSA) is 169 Å². The van der Waals surface area contributed by atoms with Gasteiger partial charge in [0.2, 0.25) is 0 Å². The highest BCUT2D eigenvalue weighted by Crippen LogP contribution is 2.40. The second-order valence-corrected chi connectivity index (χ2v) is 9.46. The predicted molar refractivity (Wildman–Crippen MR) is 153 cm³/mol. The Labute approximate surface area is 241 Å². The molecule has 12 heteroatoms. The number of benzene rings is 3. The summed E-state index contributed by atoms with van der Waals surface area (Å²) in [6.45, 7) is 0. The molecule has 212 valence electrons. The third-order valence-electron chi connectivity index (χ3n) is 6.76. The maximum absolute atomic E-state index is 11.3. The number of nitro groups is 3. The maximum atomic E-state index is 11.3. The van der Waals surface area contributed by atoms with Crippen molar-refractivity contribution in [1.82, 2.24) is 0 Å². The summed E-state index contributed by atoms with van der Waals surface area (Å²) < 4.78 is 18.6. The van der Waals surface area contributed by atoms with E-state index >= 15 is 0 Å². The highest BCUT2D eigenvalue weighted by atomic mass is 16.6. The van der Waals surface area contributed by atoms with Crippen LogP contribution < -0.4 is 0 Å². The van der Waals surface area contributed by atoms with E-state index in [9.17, 15) is 30.3 Å². The van der Waals surface area contributed by atoms with Crippen LogP contribution in [0.2, 0.25) is 0 Å². The molecule has 3 aromatic heterocycles. The lowest BCUT2D eigenvalue weighted by atomic mass is 10.0. The molecule has 0 radical (unpaired) electrons. The Morgan fingerprint density at radius 1 is 0.442 bits per heavy atom. The Morgan fingerprint density at radius 2 is 0.744 bits per heavy atom. The van der Waals surface area contributed by atoms with Crippen molar-refractivity contribution in [3.05, 3.63) is 157 Å². The smallest absolute Gasteiger partial charge is 0.270 e. The van der Waals surface area contributed by atoms with E-state index in [4.69, 9.17) is 13.3 Å². The zero-order chi connectivity index (χ0) is 30.1. The van der Waals surface area contributed by atoms with Crippen molar-refractivity contribution in [3.63, 3.8) is 0 Å². The van der Waals surface area contributed by atoms with Crippen LogP contribution in [0.4, 0.5) is 17.1 Å². The lowest BCUT2D eigenvalue weighted by molar-refractivity contribution is -0.385. The highest BCUT2D eigenvalue weighted by Gasteiger charge is 2.28. The fraction of sp³-hybridized carbons (Fsp3) is 0.0323. The van der Waals surface area contributed by atoms with E-state index in [1.54, 1.807) is 72.8 Å². The Balaban J connectivity index is 1.43. The Hall–Kier alpha value is -6.30. The molecule has 0 fully saturated rings. The Kier molecular flexibility index (Phi) is 6.84. The van der Waals surface area contributed by atoms with Crippen LogP contribution in [0.15, 0.2) is 122 Å². The average Bonchev–Trinajstić information content (AvgIpc) is 3.80. The quantitative estimate of drug-likeness (QED) is 0.121. The summed E-state index contributed by atoms with van der Waals surface area (Å²) in [4.78, 5) is 32.4. The zero-order valence-electron chi connectivity index (χ0n) is 22.0. The minimum absolute atomic E-state index is 0.0905. The molecule has 0 atom stereocenters. The van der Waals surface area contributed by atoms with Crippen molar-refractivity contribution in [1.29, 1.82) is 0 Å². The average molecular weight is 578 g/mol. The minimum atomic E-state index is -0.743. The van der Waals surface area contributed by atoms with Gasteiger partial charge in [-0.05, 0) is 36.4 Å². The first kappa shape index (κ1) is 26.9. The number of rotatable bonds is 9. The van der Waals surface area contributed by atoms with Crippen molar-refractivity contribution in [2.24, 2.45) is 0 Å². The van der Waals surface area contributed by atoms with Crippen LogP contribution in [0.3, 0.4) is 0 Å². The predicted octanol–water partition coefficient (Wildman–Crippen LogP) is 8.37. The summed E-state index contributed by atoms with van der Waals surface area (Å²) in [6.07, 6.45) is 0. The van der Waals surface area contributed by atoms with Gasteiger partial charge in [0.1, 0.15) is 40.5 Å². The van der Waals surface area contributed by atoms with Crippen LogP contribution >= 0.6 is 0 Å². The SMILES string of the molecule is O=[N+]([O-])c1cccc(-c2ccc(C(c3ccc(-c4cccc([N+](=O)[O-])c4)o3)c3ccc(-c4cccc([N+](=O)[O-])c4)o3)o2)c1. The van der Waals surface area contributed by atoms with Gasteiger partial charge in [-0.3, -0.25) is 30.3 Å². The second kappa shape index (κ2) is 10.9. The lowest BCUT2D eigenvalue weighted by Gasteiger charge is -2.10. The van der Waals surface area contributed by atoms with Crippen LogP contribution in [-0.4, -0.2) is 14.8 Å². The van der Waals surface area contributed by atoms with Gasteiger partial charge >= 0.3 is 0 Å². The van der Waals surface area contributed by atoms with Crippen molar-refractivity contribution < 1.29 is 28.0 Å². The molecule has 6 rings (SSSR count). The molecule has 6 aromatic rings. The fourth-order valence-electron chi connectivity index (χ4n) is 4.73. The minimum Gasteiger partial charge on any atom is -0.460 e. The highest BCUT2D eigenvalue weighted by molar-refractivity contribution is 5.64. The molecule has 0 aliphatic heterocycles. The summed E-state index contributed by atoms with van der Waals surface area (Å²) in [5.41, 5.74) is 1.21. The molecule has 0 saturated carbocycles. The van der Waals surface area contributed by atoms with Crippen LogP contribution in [0.5, 0.6) is 0 Å². The van der Waals surface area contributed by atoms with E-state index in [2.05, 4.69) is 0 Å². The summed E-state index contributed by atoms with van der Waals surface area (Å²) >= 11 is 0. The maximum Gasteiger partial charge on any atom is 0.270 e. The molecule has 0 aliphatic carbocycles. The zero-order valence-corrected chi connectivity index (χ0v) is 22.0. The van der Waals surface area contributed by atoms with Gasteiger partial charge in [0.15, 0.2) is 0 Å². The molecule has 43 heavy (non-hydrogen) atoms. The van der Waals surface area contributed by atoms with Gasteiger partial charge in [-0.2, -0.15) is 0 Å². The number of nitrogens with zero attached hydrogens (tertiary/aromatic N) is 3. The number of hydrogen-bond acceptors (Lipinski definition) is 9. The van der Waals surface area contributed by atoms with Crippen molar-refractivity contribution >= 4 is 17.1 Å². The van der Waals surface area contributed by atoms with E-state index in [0.29, 0.717) is 51.3 Å². The third kappa shape index (κ3) is 5.39. The van der Waals surface area contributed by atoms with Crippen molar-refractivity contribution in [3.8, 4) is 34.0 Å². The van der Waals surface area contributed by atoms with Crippen molar-refractivity contribution in [2.75, 3.05) is 0 Å². The monoisotopic (exact) mass is 577 g/mol. The molecule has 0 N–H and O–H groups in total. The van der Waals surface area contributed by atoms with E-state index in [-0.39, 0.29) is 17.1 Å². The number of hydrogen-bond donors (Lipinski definition) is 0. The first-order valence-electron chi connectivity index (χ1n) is 12.8. The van der Waals surface area contributed by atoms with E-state index < -0.39 is 20.7 Å². The van der Waals surface area contributed by atoms with Gasteiger partial charge in [0.05, 0.1) is 14.8 Å². The molecule has 0 saturated heterocycles. The Bertz CT molecular complexity index is 1770. The largest absolute Gasteiger partial charge is 0.460 e. The van der Waals surface area contributed by atoms with E-state index in [1.165, 1.54) is 36.4 Å². The first-order valence-corrected chi connectivity index (χ1v) is 12.8. The summed E-state index contributed by atoms with van der Waals surface area (Å²) in [5.74, 6) is 1.55. The fourth-order valence-corrected chi connectivity index (χ4v) is 4.73. The summed E-state index contributed by atoms with van der Waals surface area (Å²) in [6, 6.07) is 28.2. The standard InChI is InChI=1S/C31H19N3O9/c35-32(36)22-7-1-4-19(16-22)25-10-13-28(41-25)31(29-14-11-26(42-29)20-5-2-8-23(17-20)33(37)38)30-15-12-27(43-30)21-6-3-9-24(18-21)34(39)40/h1-18,31H. The first-order chi connectivity index (χ1) is 20.8. The summed E-state index contributed by atoms with van der Waals surface area (Å²) in [7, 11) is 0. The molecule has 0 unspecified atom stereocenters.